The number of nitrogens with zero attached hydrogens (tertiary/aromatic N) is 1. The number of hydrogen-bond donors (Lipinski definition) is 1. The van der Waals surface area contributed by atoms with E-state index in [2.05, 4.69) is 22.9 Å². The molecule has 1 amide bonds. The number of halogens is 1. The van der Waals surface area contributed by atoms with E-state index in [1.165, 1.54) is 0 Å². The van der Waals surface area contributed by atoms with Gasteiger partial charge in [0, 0.05) is 16.6 Å². The molecule has 5 heteroatoms. The zero-order valence-corrected chi connectivity index (χ0v) is 15.3. The summed E-state index contributed by atoms with van der Waals surface area (Å²) >= 11 is 3.59. The summed E-state index contributed by atoms with van der Waals surface area (Å²) in [7, 11) is 0. The summed E-state index contributed by atoms with van der Waals surface area (Å²) < 4.78 is 6.39. The van der Waals surface area contributed by atoms with Gasteiger partial charge in [-0.2, -0.15) is 0 Å². The van der Waals surface area contributed by atoms with Gasteiger partial charge >= 0.3 is 6.09 Å². The minimum absolute atomic E-state index is 0.304. The van der Waals surface area contributed by atoms with Crippen LogP contribution in [0.2, 0.25) is 0 Å². The number of phenolic OH excluding ortho intramolecular Hbond substituents is 1. The van der Waals surface area contributed by atoms with Gasteiger partial charge in [0.05, 0.1) is 6.54 Å². The summed E-state index contributed by atoms with van der Waals surface area (Å²) in [6.45, 7) is 8.71. The lowest BCUT2D eigenvalue weighted by atomic mass is 9.94. The van der Waals surface area contributed by atoms with Crippen molar-refractivity contribution in [2.75, 3.05) is 6.54 Å². The van der Waals surface area contributed by atoms with Crippen molar-refractivity contribution in [2.45, 2.75) is 59.1 Å². The largest absolute Gasteiger partial charge is 0.507 e. The molecular formula is C17H24BrNO3. The smallest absolute Gasteiger partial charge is 0.410 e. The number of hydrogen-bond acceptors (Lipinski definition) is 3. The Balaban J connectivity index is 2.24. The number of aryl methyl sites for hydroxylation is 1. The molecule has 1 aliphatic rings. The number of ether oxygens (including phenoxy) is 1. The average Bonchev–Trinajstić information content (AvgIpc) is 2.42. The highest BCUT2D eigenvalue weighted by Crippen LogP contribution is 2.36. The van der Waals surface area contributed by atoms with Gasteiger partial charge in [-0.1, -0.05) is 29.3 Å². The van der Waals surface area contributed by atoms with E-state index >= 15 is 0 Å². The third-order valence-electron chi connectivity index (χ3n) is 3.70. The number of carbonyl (C=O) groups excluding carboxylic acids is 1. The van der Waals surface area contributed by atoms with Crippen LogP contribution in [-0.2, 0) is 24.1 Å². The molecule has 1 N–H and O–H groups in total. The van der Waals surface area contributed by atoms with E-state index < -0.39 is 5.60 Å². The summed E-state index contributed by atoms with van der Waals surface area (Å²) in [6.07, 6.45) is 2.19. The molecule has 0 spiro atoms. The molecule has 1 aliphatic heterocycles. The molecule has 1 aromatic rings. The van der Waals surface area contributed by atoms with Gasteiger partial charge in [-0.25, -0.2) is 4.79 Å². The maximum absolute atomic E-state index is 12.2. The Bertz CT molecular complexity index is 578. The van der Waals surface area contributed by atoms with Gasteiger partial charge in [0.25, 0.3) is 0 Å². The molecule has 1 aromatic carbocycles. The zero-order chi connectivity index (χ0) is 16.5. The van der Waals surface area contributed by atoms with Crippen LogP contribution >= 0.6 is 15.9 Å². The summed E-state index contributed by atoms with van der Waals surface area (Å²) in [5.74, 6) is 0.392. The van der Waals surface area contributed by atoms with Crippen LogP contribution in [0.1, 0.15) is 50.8 Å². The van der Waals surface area contributed by atoms with E-state index in [0.717, 1.165) is 34.0 Å². The van der Waals surface area contributed by atoms with Crippen LogP contribution in [0.15, 0.2) is 10.5 Å². The highest BCUT2D eigenvalue weighted by atomic mass is 79.9. The molecule has 0 saturated heterocycles. The molecule has 0 aromatic heterocycles. The first kappa shape index (κ1) is 17.1. The second kappa shape index (κ2) is 6.49. The number of carbonyl (C=O) groups is 1. The fourth-order valence-electron chi connectivity index (χ4n) is 2.69. The van der Waals surface area contributed by atoms with Crippen molar-refractivity contribution in [3.05, 3.63) is 27.2 Å². The first-order valence-corrected chi connectivity index (χ1v) is 8.52. The summed E-state index contributed by atoms with van der Waals surface area (Å²) in [6, 6.07) is 1.97. The van der Waals surface area contributed by atoms with Crippen molar-refractivity contribution in [1.29, 1.82) is 0 Å². The SMILES string of the molecule is CCCc1cc(Br)c2c(c1O)CCN(C(=O)OC(C)(C)C)C2. The number of benzene rings is 1. The van der Waals surface area contributed by atoms with E-state index in [0.29, 0.717) is 25.3 Å². The van der Waals surface area contributed by atoms with Crippen LogP contribution in [0.25, 0.3) is 0 Å². The third-order valence-corrected chi connectivity index (χ3v) is 4.40. The first-order chi connectivity index (χ1) is 10.2. The molecular weight excluding hydrogens is 346 g/mol. The summed E-state index contributed by atoms with van der Waals surface area (Å²) in [5.41, 5.74) is 2.41. The summed E-state index contributed by atoms with van der Waals surface area (Å²) in [4.78, 5) is 13.9. The molecule has 0 unspecified atom stereocenters. The normalized spacial score (nSPS) is 14.7. The Kier molecular flexibility index (Phi) is 5.05. The Hall–Kier alpha value is -1.23. The molecule has 2 rings (SSSR count). The van der Waals surface area contributed by atoms with Gasteiger partial charge in [-0.15, -0.1) is 0 Å². The van der Waals surface area contributed by atoms with Crippen molar-refractivity contribution >= 4 is 22.0 Å². The molecule has 0 saturated carbocycles. The quantitative estimate of drug-likeness (QED) is 0.840. The van der Waals surface area contributed by atoms with Crippen LogP contribution in [-0.4, -0.2) is 28.2 Å². The van der Waals surface area contributed by atoms with Crippen LogP contribution < -0.4 is 0 Å². The van der Waals surface area contributed by atoms with Crippen molar-refractivity contribution in [2.24, 2.45) is 0 Å². The molecule has 0 aliphatic carbocycles. The minimum atomic E-state index is -0.498. The standard InChI is InChI=1S/C17H24BrNO3/c1-5-6-11-9-14(18)13-10-19(8-7-12(13)15(11)20)16(21)22-17(2,3)4/h9,20H,5-8,10H2,1-4H3. The molecule has 0 atom stereocenters. The topological polar surface area (TPSA) is 49.8 Å². The number of amides is 1. The Morgan fingerprint density at radius 3 is 2.68 bits per heavy atom. The lowest BCUT2D eigenvalue weighted by molar-refractivity contribution is 0.0222. The van der Waals surface area contributed by atoms with Gasteiger partial charge < -0.3 is 14.7 Å². The molecule has 122 valence electrons. The van der Waals surface area contributed by atoms with Gasteiger partial charge in [-0.3, -0.25) is 0 Å². The summed E-state index contributed by atoms with van der Waals surface area (Å²) in [5, 5.41) is 10.4. The Labute approximate surface area is 140 Å². The van der Waals surface area contributed by atoms with Gasteiger partial charge in [0.2, 0.25) is 0 Å². The molecule has 22 heavy (non-hydrogen) atoms. The maximum Gasteiger partial charge on any atom is 0.410 e. The molecule has 0 fully saturated rings. The van der Waals surface area contributed by atoms with Crippen LogP contribution in [0, 0.1) is 0 Å². The van der Waals surface area contributed by atoms with E-state index in [-0.39, 0.29) is 6.09 Å². The second-order valence-corrected chi connectivity index (χ2v) is 7.58. The molecule has 0 bridgehead atoms. The Morgan fingerprint density at radius 1 is 1.41 bits per heavy atom. The lowest BCUT2D eigenvalue weighted by Crippen LogP contribution is -2.40. The molecule has 4 nitrogen and oxygen atoms in total. The van der Waals surface area contributed by atoms with Gasteiger partial charge in [-0.05, 0) is 50.8 Å². The van der Waals surface area contributed by atoms with Crippen molar-refractivity contribution < 1.29 is 14.6 Å². The number of aromatic hydroxyl groups is 1. The predicted molar refractivity (Wildman–Crippen MR) is 90.1 cm³/mol. The third kappa shape index (κ3) is 3.75. The monoisotopic (exact) mass is 369 g/mol. The fraction of sp³-hybridized carbons (Fsp3) is 0.588. The molecule has 0 radical (unpaired) electrons. The van der Waals surface area contributed by atoms with Crippen LogP contribution in [0.4, 0.5) is 4.79 Å². The van der Waals surface area contributed by atoms with Crippen molar-refractivity contribution in [1.82, 2.24) is 4.90 Å². The van der Waals surface area contributed by atoms with Crippen LogP contribution in [0.5, 0.6) is 5.75 Å². The molecule has 1 heterocycles. The van der Waals surface area contributed by atoms with E-state index in [1.54, 1.807) is 4.90 Å². The minimum Gasteiger partial charge on any atom is -0.507 e. The van der Waals surface area contributed by atoms with E-state index in [4.69, 9.17) is 4.74 Å². The number of rotatable bonds is 2. The maximum atomic E-state index is 12.2. The highest BCUT2D eigenvalue weighted by molar-refractivity contribution is 9.10. The number of phenols is 1. The van der Waals surface area contributed by atoms with Crippen molar-refractivity contribution in [3.8, 4) is 5.75 Å². The van der Waals surface area contributed by atoms with Crippen LogP contribution in [0.3, 0.4) is 0 Å². The predicted octanol–water partition coefficient (Wildman–Crippen LogP) is 4.40. The highest BCUT2D eigenvalue weighted by Gasteiger charge is 2.28. The lowest BCUT2D eigenvalue weighted by Gasteiger charge is -2.32. The van der Waals surface area contributed by atoms with E-state index in [9.17, 15) is 9.90 Å². The van der Waals surface area contributed by atoms with Gasteiger partial charge in [0.1, 0.15) is 11.4 Å². The number of fused-ring (bicyclic) bond motifs is 1. The average molecular weight is 370 g/mol. The fourth-order valence-corrected chi connectivity index (χ4v) is 3.33. The van der Waals surface area contributed by atoms with Gasteiger partial charge in [0.15, 0.2) is 0 Å². The van der Waals surface area contributed by atoms with E-state index in [1.807, 2.05) is 26.8 Å². The van der Waals surface area contributed by atoms with Crippen molar-refractivity contribution in [3.63, 3.8) is 0 Å². The Morgan fingerprint density at radius 2 is 2.09 bits per heavy atom. The first-order valence-electron chi connectivity index (χ1n) is 7.73. The second-order valence-electron chi connectivity index (χ2n) is 6.73. The zero-order valence-electron chi connectivity index (χ0n) is 13.7.